The Kier molecular flexibility index (Phi) is 5.83. The van der Waals surface area contributed by atoms with Gasteiger partial charge in [0.15, 0.2) is 0 Å². The van der Waals surface area contributed by atoms with Crippen LogP contribution in [-0.2, 0) is 0 Å². The number of rotatable bonds is 6. The molecule has 0 aliphatic rings. The number of nitrogens with one attached hydrogen (secondary N) is 1. The molecule has 8 nitrogen and oxygen atoms in total. The Morgan fingerprint density at radius 1 is 0.800 bits per heavy atom. The molecule has 0 unspecified atom stereocenters. The van der Waals surface area contributed by atoms with Crippen molar-refractivity contribution in [2.24, 2.45) is 5.73 Å². The second-order valence-corrected chi connectivity index (χ2v) is 7.71. The lowest BCUT2D eigenvalue weighted by atomic mass is 9.98. The van der Waals surface area contributed by atoms with Gasteiger partial charge in [-0.15, -0.1) is 0 Å². The average Bonchev–Trinajstić information content (AvgIpc) is 3.39. The summed E-state index contributed by atoms with van der Waals surface area (Å²) in [6.45, 7) is 0. The van der Waals surface area contributed by atoms with Gasteiger partial charge >= 0.3 is 0 Å². The molecule has 8 heteroatoms. The lowest BCUT2D eigenvalue weighted by Crippen LogP contribution is -2.13. The molecular weight excluding hydrogens is 440 g/mol. The molecule has 3 heterocycles. The van der Waals surface area contributed by atoms with Crippen molar-refractivity contribution in [1.29, 1.82) is 0 Å². The summed E-state index contributed by atoms with van der Waals surface area (Å²) in [7, 11) is 0. The van der Waals surface area contributed by atoms with E-state index < -0.39 is 5.91 Å². The van der Waals surface area contributed by atoms with Crippen LogP contribution in [0.5, 0.6) is 0 Å². The summed E-state index contributed by atoms with van der Waals surface area (Å²) in [6.07, 6.45) is 6.63. The molecule has 5 aromatic rings. The first kappa shape index (κ1) is 21.7. The number of nitrogens with two attached hydrogens (primary N) is 1. The molecule has 35 heavy (non-hydrogen) atoms. The summed E-state index contributed by atoms with van der Waals surface area (Å²) in [5.74, 6) is -0.874. The third-order valence-corrected chi connectivity index (χ3v) is 5.44. The first-order valence-corrected chi connectivity index (χ1v) is 10.8. The Hall–Kier alpha value is -5.11. The molecule has 5 rings (SSSR count). The Morgan fingerprint density at radius 3 is 2.40 bits per heavy atom. The van der Waals surface area contributed by atoms with Gasteiger partial charge in [0, 0.05) is 29.3 Å². The van der Waals surface area contributed by atoms with Gasteiger partial charge in [-0.3, -0.25) is 24.1 Å². The number of aromatic nitrogens is 4. The standard InChI is InChI=1S/C27H20N6O2/c28-26(34)24-14-18(11-13-31-24)21-8-1-2-9-22(21)25-16-29-17-33(25)20-7-5-6-19(15-20)32-27(35)23-10-3-4-12-30-23/h1-17H,(H2,28,34)(H,32,35). The number of amides is 2. The zero-order valence-electron chi connectivity index (χ0n) is 18.5. The van der Waals surface area contributed by atoms with Gasteiger partial charge in [0.1, 0.15) is 11.4 Å². The Morgan fingerprint density at radius 2 is 1.60 bits per heavy atom. The summed E-state index contributed by atoms with van der Waals surface area (Å²) in [5, 5.41) is 2.89. The molecule has 0 bridgehead atoms. The molecule has 0 saturated heterocycles. The normalized spacial score (nSPS) is 10.6. The number of hydrogen-bond acceptors (Lipinski definition) is 5. The zero-order chi connectivity index (χ0) is 24.2. The van der Waals surface area contributed by atoms with Crippen molar-refractivity contribution in [1.82, 2.24) is 19.5 Å². The molecule has 3 N–H and O–H groups in total. The van der Waals surface area contributed by atoms with Crippen molar-refractivity contribution < 1.29 is 9.59 Å². The molecular formula is C27H20N6O2. The van der Waals surface area contributed by atoms with Gasteiger partial charge in [-0.05, 0) is 53.6 Å². The number of carbonyl (C=O) groups is 2. The smallest absolute Gasteiger partial charge is 0.274 e. The van der Waals surface area contributed by atoms with Crippen LogP contribution in [0.3, 0.4) is 0 Å². The number of hydrogen-bond donors (Lipinski definition) is 2. The van der Waals surface area contributed by atoms with E-state index in [9.17, 15) is 9.59 Å². The van der Waals surface area contributed by atoms with Gasteiger partial charge in [-0.25, -0.2) is 4.98 Å². The Bertz CT molecular complexity index is 1530. The first-order chi connectivity index (χ1) is 17.1. The fraction of sp³-hybridized carbons (Fsp3) is 0. The van der Waals surface area contributed by atoms with E-state index in [1.54, 1.807) is 49.2 Å². The van der Waals surface area contributed by atoms with E-state index in [4.69, 9.17) is 5.73 Å². The fourth-order valence-electron chi connectivity index (χ4n) is 3.82. The van der Waals surface area contributed by atoms with Crippen molar-refractivity contribution in [2.45, 2.75) is 0 Å². The maximum Gasteiger partial charge on any atom is 0.274 e. The fourth-order valence-corrected chi connectivity index (χ4v) is 3.82. The van der Waals surface area contributed by atoms with Crippen molar-refractivity contribution >= 4 is 17.5 Å². The van der Waals surface area contributed by atoms with E-state index in [0.29, 0.717) is 11.4 Å². The number of anilines is 1. The van der Waals surface area contributed by atoms with Gasteiger partial charge in [-0.1, -0.05) is 36.4 Å². The zero-order valence-corrected chi connectivity index (χ0v) is 18.5. The molecule has 0 aliphatic heterocycles. The van der Waals surface area contributed by atoms with E-state index in [-0.39, 0.29) is 11.6 Å². The van der Waals surface area contributed by atoms with Crippen LogP contribution in [0, 0.1) is 0 Å². The van der Waals surface area contributed by atoms with Gasteiger partial charge in [-0.2, -0.15) is 0 Å². The number of benzene rings is 2. The van der Waals surface area contributed by atoms with Crippen molar-refractivity contribution in [3.05, 3.63) is 115 Å². The SMILES string of the molecule is NC(=O)c1cc(-c2ccccc2-c2cncn2-c2cccc(NC(=O)c3ccccn3)c2)ccn1. The van der Waals surface area contributed by atoms with Gasteiger partial charge < -0.3 is 11.1 Å². The number of nitrogens with zero attached hydrogens (tertiary/aromatic N) is 4. The topological polar surface area (TPSA) is 116 Å². The summed E-state index contributed by atoms with van der Waals surface area (Å²) >= 11 is 0. The van der Waals surface area contributed by atoms with Crippen LogP contribution in [0.15, 0.2) is 104 Å². The average molecular weight is 460 g/mol. The third kappa shape index (κ3) is 4.53. The van der Waals surface area contributed by atoms with Gasteiger partial charge in [0.05, 0.1) is 18.2 Å². The Labute approximate surface area is 201 Å². The number of pyridine rings is 2. The van der Waals surface area contributed by atoms with E-state index in [1.807, 2.05) is 59.2 Å². The number of carbonyl (C=O) groups excluding carboxylic acids is 2. The van der Waals surface area contributed by atoms with Crippen molar-refractivity contribution in [3.8, 4) is 28.1 Å². The summed E-state index contributed by atoms with van der Waals surface area (Å²) in [4.78, 5) is 36.7. The van der Waals surface area contributed by atoms with Crippen LogP contribution >= 0.6 is 0 Å². The maximum atomic E-state index is 12.5. The molecule has 0 fully saturated rings. The number of primary amides is 1. The maximum absolute atomic E-state index is 12.5. The summed E-state index contributed by atoms with van der Waals surface area (Å²) < 4.78 is 1.94. The lowest BCUT2D eigenvalue weighted by Gasteiger charge is -2.14. The molecule has 3 aromatic heterocycles. The van der Waals surface area contributed by atoms with E-state index in [0.717, 1.165) is 28.1 Å². The molecule has 2 aromatic carbocycles. The lowest BCUT2D eigenvalue weighted by molar-refractivity contribution is 0.0993. The highest BCUT2D eigenvalue weighted by molar-refractivity contribution is 6.03. The van der Waals surface area contributed by atoms with Crippen molar-refractivity contribution in [3.63, 3.8) is 0 Å². The predicted molar refractivity (Wildman–Crippen MR) is 133 cm³/mol. The minimum absolute atomic E-state index is 0.196. The van der Waals surface area contributed by atoms with Crippen LogP contribution in [0.4, 0.5) is 5.69 Å². The largest absolute Gasteiger partial charge is 0.364 e. The highest BCUT2D eigenvalue weighted by atomic mass is 16.2. The summed E-state index contributed by atoms with van der Waals surface area (Å²) in [5.41, 5.74) is 10.9. The van der Waals surface area contributed by atoms with E-state index in [1.165, 1.54) is 0 Å². The number of imidazole rings is 1. The van der Waals surface area contributed by atoms with Crippen LogP contribution in [0.1, 0.15) is 21.0 Å². The summed E-state index contributed by atoms with van der Waals surface area (Å²) in [6, 6.07) is 24.0. The van der Waals surface area contributed by atoms with Gasteiger partial charge in [0.2, 0.25) is 0 Å². The quantitative estimate of drug-likeness (QED) is 0.391. The van der Waals surface area contributed by atoms with Crippen LogP contribution in [0.25, 0.3) is 28.1 Å². The molecule has 2 amide bonds. The third-order valence-electron chi connectivity index (χ3n) is 5.44. The molecule has 0 atom stereocenters. The van der Waals surface area contributed by atoms with E-state index >= 15 is 0 Å². The minimum Gasteiger partial charge on any atom is -0.364 e. The second-order valence-electron chi connectivity index (χ2n) is 7.71. The molecule has 170 valence electrons. The molecule has 0 radical (unpaired) electrons. The van der Waals surface area contributed by atoms with E-state index in [2.05, 4.69) is 20.3 Å². The Balaban J connectivity index is 1.51. The highest BCUT2D eigenvalue weighted by Gasteiger charge is 2.15. The predicted octanol–water partition coefficient (Wildman–Crippen LogP) is 4.35. The second kappa shape index (κ2) is 9.40. The monoisotopic (exact) mass is 460 g/mol. The minimum atomic E-state index is -0.584. The molecule has 0 spiro atoms. The molecule has 0 saturated carbocycles. The van der Waals surface area contributed by atoms with Crippen LogP contribution in [-0.4, -0.2) is 31.3 Å². The molecule has 0 aliphatic carbocycles. The van der Waals surface area contributed by atoms with Crippen molar-refractivity contribution in [2.75, 3.05) is 5.32 Å². The highest BCUT2D eigenvalue weighted by Crippen LogP contribution is 2.33. The van der Waals surface area contributed by atoms with Crippen LogP contribution in [0.2, 0.25) is 0 Å². The first-order valence-electron chi connectivity index (χ1n) is 10.8. The van der Waals surface area contributed by atoms with Crippen LogP contribution < -0.4 is 11.1 Å². The van der Waals surface area contributed by atoms with Gasteiger partial charge in [0.25, 0.3) is 11.8 Å².